The van der Waals surface area contributed by atoms with E-state index < -0.39 is 0 Å². The molecule has 16 heavy (non-hydrogen) atoms. The third-order valence-corrected chi connectivity index (χ3v) is 3.26. The van der Waals surface area contributed by atoms with Crippen LogP contribution in [0.4, 0.5) is 0 Å². The van der Waals surface area contributed by atoms with Gasteiger partial charge in [-0.05, 0) is 57.6 Å². The molecule has 1 heterocycles. The molecule has 2 rings (SSSR count). The second-order valence-corrected chi connectivity index (χ2v) is 6.06. The number of fused-ring (bicyclic) bond motifs is 1. The summed E-state index contributed by atoms with van der Waals surface area (Å²) in [5, 5.41) is 1.25. The van der Waals surface area contributed by atoms with Gasteiger partial charge in [-0.3, -0.25) is 0 Å². The Morgan fingerprint density at radius 1 is 1.12 bits per heavy atom. The average molecular weight is 278 g/mol. The zero-order valence-corrected chi connectivity index (χ0v) is 11.7. The molecule has 2 heteroatoms. The number of nitrogens with zero attached hydrogens (tertiary/aromatic N) is 1. The zero-order valence-electron chi connectivity index (χ0n) is 10.1. The number of rotatable bonds is 0. The highest BCUT2D eigenvalue weighted by Crippen LogP contribution is 2.28. The fourth-order valence-electron chi connectivity index (χ4n) is 1.82. The molecule has 0 aliphatic carbocycles. The Kier molecular flexibility index (Phi) is 2.79. The summed E-state index contributed by atoms with van der Waals surface area (Å²) in [6.07, 6.45) is 0. The van der Waals surface area contributed by atoms with Crippen LogP contribution in [0, 0.1) is 6.92 Å². The fraction of sp³-hybridized carbons (Fsp3) is 0.357. The molecule has 2 aromatic rings. The van der Waals surface area contributed by atoms with E-state index in [4.69, 9.17) is 0 Å². The third-order valence-electron chi connectivity index (χ3n) is 2.85. The van der Waals surface area contributed by atoms with E-state index in [9.17, 15) is 0 Å². The lowest BCUT2D eigenvalue weighted by Gasteiger charge is -2.19. The Morgan fingerprint density at radius 2 is 1.81 bits per heavy atom. The lowest BCUT2D eigenvalue weighted by Crippen LogP contribution is -2.10. The van der Waals surface area contributed by atoms with Crippen LogP contribution in [-0.2, 0) is 5.41 Å². The van der Waals surface area contributed by atoms with Crippen molar-refractivity contribution in [2.75, 3.05) is 0 Å². The normalized spacial score (nSPS) is 12.1. The van der Waals surface area contributed by atoms with Crippen molar-refractivity contribution in [3.8, 4) is 0 Å². The molecular weight excluding hydrogens is 262 g/mol. The van der Waals surface area contributed by atoms with E-state index >= 15 is 0 Å². The van der Waals surface area contributed by atoms with Crippen molar-refractivity contribution in [1.82, 2.24) is 4.98 Å². The summed E-state index contributed by atoms with van der Waals surface area (Å²) >= 11 is 3.43. The standard InChI is InChI=1S/C14H16BrN/c1-9-7-13(15)16-12-6-5-10(8-11(9)12)14(2,3)4/h5-8H,1-4H3. The largest absolute Gasteiger partial charge is 0.241 e. The molecular formula is C14H16BrN. The van der Waals surface area contributed by atoms with Gasteiger partial charge in [0, 0.05) is 5.39 Å². The number of pyridine rings is 1. The van der Waals surface area contributed by atoms with E-state index in [1.54, 1.807) is 0 Å². The van der Waals surface area contributed by atoms with Crippen molar-refractivity contribution < 1.29 is 0 Å². The lowest BCUT2D eigenvalue weighted by molar-refractivity contribution is 0.591. The molecule has 0 bridgehead atoms. The van der Waals surface area contributed by atoms with Gasteiger partial charge in [0.2, 0.25) is 0 Å². The summed E-state index contributed by atoms with van der Waals surface area (Å²) in [5.41, 5.74) is 3.86. The van der Waals surface area contributed by atoms with E-state index in [1.807, 2.05) is 0 Å². The highest BCUT2D eigenvalue weighted by atomic mass is 79.9. The maximum atomic E-state index is 4.48. The fourth-order valence-corrected chi connectivity index (χ4v) is 2.35. The third kappa shape index (κ3) is 2.12. The Morgan fingerprint density at radius 3 is 2.44 bits per heavy atom. The van der Waals surface area contributed by atoms with Gasteiger partial charge < -0.3 is 0 Å². The van der Waals surface area contributed by atoms with E-state index in [1.165, 1.54) is 16.5 Å². The molecule has 0 amide bonds. The van der Waals surface area contributed by atoms with Gasteiger partial charge in [-0.15, -0.1) is 0 Å². The van der Waals surface area contributed by atoms with Gasteiger partial charge in [0.05, 0.1) is 5.52 Å². The summed E-state index contributed by atoms with van der Waals surface area (Å²) in [7, 11) is 0. The van der Waals surface area contributed by atoms with E-state index in [0.29, 0.717) is 0 Å². The molecule has 0 atom stereocenters. The Hall–Kier alpha value is -0.890. The number of aryl methyl sites for hydroxylation is 1. The van der Waals surface area contributed by atoms with Gasteiger partial charge >= 0.3 is 0 Å². The van der Waals surface area contributed by atoms with Crippen molar-refractivity contribution in [2.45, 2.75) is 33.1 Å². The van der Waals surface area contributed by atoms with Gasteiger partial charge in [0.15, 0.2) is 0 Å². The second kappa shape index (κ2) is 3.85. The molecule has 0 aliphatic heterocycles. The topological polar surface area (TPSA) is 12.9 Å². The van der Waals surface area contributed by atoms with Crippen LogP contribution >= 0.6 is 15.9 Å². The van der Waals surface area contributed by atoms with Crippen molar-refractivity contribution >= 4 is 26.8 Å². The first-order valence-electron chi connectivity index (χ1n) is 5.45. The summed E-state index contributed by atoms with van der Waals surface area (Å²) in [4.78, 5) is 4.48. The SMILES string of the molecule is Cc1cc(Br)nc2ccc(C(C)(C)C)cc12. The molecule has 0 spiro atoms. The molecule has 0 saturated carbocycles. The molecule has 0 N–H and O–H groups in total. The minimum Gasteiger partial charge on any atom is -0.241 e. The minimum absolute atomic E-state index is 0.188. The van der Waals surface area contributed by atoms with Crippen molar-refractivity contribution in [3.05, 3.63) is 40.0 Å². The molecule has 0 radical (unpaired) electrons. The van der Waals surface area contributed by atoms with Crippen LogP contribution in [0.15, 0.2) is 28.9 Å². The highest BCUT2D eigenvalue weighted by Gasteiger charge is 2.14. The Labute approximate surface area is 105 Å². The van der Waals surface area contributed by atoms with Crippen LogP contribution in [0.25, 0.3) is 10.9 Å². The van der Waals surface area contributed by atoms with Crippen LogP contribution in [0.3, 0.4) is 0 Å². The van der Waals surface area contributed by atoms with Crippen LogP contribution < -0.4 is 0 Å². The monoisotopic (exact) mass is 277 g/mol. The second-order valence-electron chi connectivity index (χ2n) is 5.24. The number of aromatic nitrogens is 1. The van der Waals surface area contributed by atoms with Gasteiger partial charge in [0.25, 0.3) is 0 Å². The summed E-state index contributed by atoms with van der Waals surface area (Å²) in [6, 6.07) is 8.59. The summed E-state index contributed by atoms with van der Waals surface area (Å²) in [5.74, 6) is 0. The van der Waals surface area contributed by atoms with E-state index in [-0.39, 0.29) is 5.41 Å². The van der Waals surface area contributed by atoms with Gasteiger partial charge in [-0.1, -0.05) is 26.8 Å². The molecule has 1 aromatic carbocycles. The van der Waals surface area contributed by atoms with Crippen LogP contribution in [0.1, 0.15) is 31.9 Å². The Bertz CT molecular complexity index is 538. The first-order chi connectivity index (χ1) is 7.38. The quantitative estimate of drug-likeness (QED) is 0.641. The maximum absolute atomic E-state index is 4.48. The highest BCUT2D eigenvalue weighted by molar-refractivity contribution is 9.10. The predicted octanol–water partition coefficient (Wildman–Crippen LogP) is 4.60. The van der Waals surface area contributed by atoms with Gasteiger partial charge in [-0.2, -0.15) is 0 Å². The minimum atomic E-state index is 0.188. The smallest absolute Gasteiger partial charge is 0.107 e. The summed E-state index contributed by atoms with van der Waals surface area (Å²) in [6.45, 7) is 8.82. The van der Waals surface area contributed by atoms with E-state index in [0.717, 1.165) is 10.1 Å². The molecule has 0 aliphatic rings. The number of hydrogen-bond donors (Lipinski definition) is 0. The molecule has 84 valence electrons. The number of hydrogen-bond acceptors (Lipinski definition) is 1. The molecule has 0 saturated heterocycles. The maximum Gasteiger partial charge on any atom is 0.107 e. The lowest BCUT2D eigenvalue weighted by atomic mass is 9.86. The molecule has 0 unspecified atom stereocenters. The summed E-state index contributed by atoms with van der Waals surface area (Å²) < 4.78 is 0.904. The van der Waals surface area contributed by atoms with Gasteiger partial charge in [0.1, 0.15) is 4.60 Å². The van der Waals surface area contributed by atoms with Crippen molar-refractivity contribution in [2.24, 2.45) is 0 Å². The van der Waals surface area contributed by atoms with Crippen LogP contribution in [0.2, 0.25) is 0 Å². The predicted molar refractivity (Wildman–Crippen MR) is 72.9 cm³/mol. The van der Waals surface area contributed by atoms with E-state index in [2.05, 4.69) is 72.9 Å². The number of benzene rings is 1. The van der Waals surface area contributed by atoms with Crippen molar-refractivity contribution in [3.63, 3.8) is 0 Å². The first kappa shape index (κ1) is 11.6. The van der Waals surface area contributed by atoms with Gasteiger partial charge in [-0.25, -0.2) is 4.98 Å². The molecule has 1 nitrogen and oxygen atoms in total. The number of halogens is 1. The molecule has 0 fully saturated rings. The molecule has 1 aromatic heterocycles. The van der Waals surface area contributed by atoms with Crippen LogP contribution in [-0.4, -0.2) is 4.98 Å². The average Bonchev–Trinajstić information content (AvgIpc) is 2.15. The van der Waals surface area contributed by atoms with Crippen molar-refractivity contribution in [1.29, 1.82) is 0 Å². The Balaban J connectivity index is 2.72. The first-order valence-corrected chi connectivity index (χ1v) is 6.24. The van der Waals surface area contributed by atoms with Crippen LogP contribution in [0.5, 0.6) is 0 Å². The zero-order chi connectivity index (χ0) is 11.9.